The molecule has 70 valence electrons. The highest BCUT2D eigenvalue weighted by Gasteiger charge is 2.04. The first-order valence-electron chi connectivity index (χ1n) is 4.27. The number of hydrogen-bond acceptors (Lipinski definition) is 2. The molecule has 0 spiro atoms. The molecule has 0 amide bonds. The van der Waals surface area contributed by atoms with Crippen molar-refractivity contribution in [3.8, 4) is 0 Å². The molecule has 0 saturated heterocycles. The number of aromatic nitrogens is 1. The van der Waals surface area contributed by atoms with E-state index in [4.69, 9.17) is 0 Å². The molecule has 2 nitrogen and oxygen atoms in total. The first-order valence-corrected chi connectivity index (χ1v) is 4.27. The van der Waals surface area contributed by atoms with Crippen molar-refractivity contribution in [3.05, 3.63) is 36.2 Å². The standard InChI is InChI=1S/C10H12N2.ClH/c1-2-10(8-12-5-1)9-3-6-11-7-4-9;/h1-3,5,8,11H,4,6-7H2;1H. The van der Waals surface area contributed by atoms with E-state index in [9.17, 15) is 0 Å². The van der Waals surface area contributed by atoms with Crippen LogP contribution in [0.2, 0.25) is 0 Å². The van der Waals surface area contributed by atoms with E-state index in [0.717, 1.165) is 19.5 Å². The van der Waals surface area contributed by atoms with Gasteiger partial charge in [0.05, 0.1) is 0 Å². The van der Waals surface area contributed by atoms with Gasteiger partial charge in [0.25, 0.3) is 0 Å². The van der Waals surface area contributed by atoms with Gasteiger partial charge in [-0.25, -0.2) is 0 Å². The Labute approximate surface area is 84.5 Å². The molecule has 0 aliphatic carbocycles. The minimum absolute atomic E-state index is 0. The zero-order chi connectivity index (χ0) is 8.23. The average molecular weight is 197 g/mol. The van der Waals surface area contributed by atoms with Crippen LogP contribution in [0.5, 0.6) is 0 Å². The van der Waals surface area contributed by atoms with Gasteiger partial charge in [-0.2, -0.15) is 0 Å². The van der Waals surface area contributed by atoms with Gasteiger partial charge in [0.15, 0.2) is 0 Å². The molecule has 1 aromatic rings. The molecule has 0 unspecified atom stereocenters. The molecule has 1 aliphatic rings. The number of nitrogens with zero attached hydrogens (tertiary/aromatic N) is 1. The summed E-state index contributed by atoms with van der Waals surface area (Å²) >= 11 is 0. The Kier molecular flexibility index (Phi) is 3.93. The second-order valence-electron chi connectivity index (χ2n) is 2.93. The predicted octanol–water partition coefficient (Wildman–Crippen LogP) is 1.88. The highest BCUT2D eigenvalue weighted by Crippen LogP contribution is 2.17. The lowest BCUT2D eigenvalue weighted by Gasteiger charge is -2.13. The number of halogens is 1. The maximum absolute atomic E-state index is 4.10. The van der Waals surface area contributed by atoms with Gasteiger partial charge in [0.1, 0.15) is 0 Å². The molecular weight excluding hydrogens is 184 g/mol. The molecule has 0 radical (unpaired) electrons. The van der Waals surface area contributed by atoms with Crippen molar-refractivity contribution < 1.29 is 0 Å². The fourth-order valence-corrected chi connectivity index (χ4v) is 1.44. The summed E-state index contributed by atoms with van der Waals surface area (Å²) in [4.78, 5) is 4.10. The van der Waals surface area contributed by atoms with E-state index in [-0.39, 0.29) is 12.4 Å². The lowest BCUT2D eigenvalue weighted by molar-refractivity contribution is 0.738. The molecule has 13 heavy (non-hydrogen) atoms. The maximum Gasteiger partial charge on any atom is 0.0342 e. The van der Waals surface area contributed by atoms with E-state index < -0.39 is 0 Å². The lowest BCUT2D eigenvalue weighted by Crippen LogP contribution is -2.19. The van der Waals surface area contributed by atoms with E-state index in [2.05, 4.69) is 22.4 Å². The van der Waals surface area contributed by atoms with Crippen molar-refractivity contribution in [3.63, 3.8) is 0 Å². The molecule has 1 aliphatic heterocycles. The summed E-state index contributed by atoms with van der Waals surface area (Å²) in [6.45, 7) is 2.07. The molecule has 1 aromatic heterocycles. The third kappa shape index (κ3) is 2.54. The quantitative estimate of drug-likeness (QED) is 0.742. The first kappa shape index (κ1) is 10.2. The van der Waals surface area contributed by atoms with Crippen LogP contribution in [-0.4, -0.2) is 18.1 Å². The van der Waals surface area contributed by atoms with Crippen LogP contribution in [0.15, 0.2) is 30.6 Å². The van der Waals surface area contributed by atoms with E-state index in [1.165, 1.54) is 11.1 Å². The third-order valence-electron chi connectivity index (χ3n) is 2.10. The predicted molar refractivity (Wildman–Crippen MR) is 56.9 cm³/mol. The number of pyridine rings is 1. The van der Waals surface area contributed by atoms with Crippen molar-refractivity contribution in [2.75, 3.05) is 13.1 Å². The van der Waals surface area contributed by atoms with Crippen molar-refractivity contribution in [1.29, 1.82) is 0 Å². The number of hydrogen-bond donors (Lipinski definition) is 1. The third-order valence-corrected chi connectivity index (χ3v) is 2.10. The molecule has 2 heterocycles. The van der Waals surface area contributed by atoms with Crippen molar-refractivity contribution in [1.82, 2.24) is 10.3 Å². The summed E-state index contributed by atoms with van der Waals surface area (Å²) < 4.78 is 0. The molecule has 0 saturated carbocycles. The second kappa shape index (κ2) is 5.00. The molecule has 0 bridgehead atoms. The van der Waals surface area contributed by atoms with E-state index in [1.54, 1.807) is 0 Å². The molecule has 0 atom stereocenters. The van der Waals surface area contributed by atoms with Crippen LogP contribution in [0.25, 0.3) is 5.57 Å². The molecular formula is C10H13ClN2. The minimum Gasteiger partial charge on any atom is -0.313 e. The van der Waals surface area contributed by atoms with Crippen molar-refractivity contribution in [2.24, 2.45) is 0 Å². The smallest absolute Gasteiger partial charge is 0.0342 e. The van der Waals surface area contributed by atoms with Gasteiger partial charge >= 0.3 is 0 Å². The minimum atomic E-state index is 0. The molecule has 2 rings (SSSR count). The summed E-state index contributed by atoms with van der Waals surface area (Å²) in [6.07, 6.45) is 7.09. The van der Waals surface area contributed by atoms with Gasteiger partial charge in [-0.15, -0.1) is 12.4 Å². The Morgan fingerprint density at radius 1 is 1.38 bits per heavy atom. The largest absolute Gasteiger partial charge is 0.313 e. The van der Waals surface area contributed by atoms with Gasteiger partial charge in [0, 0.05) is 18.9 Å². The van der Waals surface area contributed by atoms with E-state index in [0.29, 0.717) is 0 Å². The fraction of sp³-hybridized carbons (Fsp3) is 0.300. The monoisotopic (exact) mass is 196 g/mol. The summed E-state index contributed by atoms with van der Waals surface area (Å²) in [6, 6.07) is 4.10. The first-order chi connectivity index (χ1) is 5.97. The van der Waals surface area contributed by atoms with Crippen molar-refractivity contribution in [2.45, 2.75) is 6.42 Å². The zero-order valence-electron chi connectivity index (χ0n) is 7.36. The Morgan fingerprint density at radius 3 is 2.92 bits per heavy atom. The normalized spacial score (nSPS) is 15.8. The Morgan fingerprint density at radius 2 is 2.31 bits per heavy atom. The number of rotatable bonds is 1. The Balaban J connectivity index is 0.000000845. The van der Waals surface area contributed by atoms with Gasteiger partial charge < -0.3 is 5.32 Å². The van der Waals surface area contributed by atoms with Crippen LogP contribution in [0.1, 0.15) is 12.0 Å². The zero-order valence-corrected chi connectivity index (χ0v) is 8.18. The summed E-state index contributed by atoms with van der Waals surface area (Å²) in [5.41, 5.74) is 2.68. The molecule has 0 aromatic carbocycles. The highest BCUT2D eigenvalue weighted by molar-refractivity contribution is 5.85. The highest BCUT2D eigenvalue weighted by atomic mass is 35.5. The second-order valence-corrected chi connectivity index (χ2v) is 2.93. The lowest BCUT2D eigenvalue weighted by atomic mass is 10.0. The molecule has 0 fully saturated rings. The van der Waals surface area contributed by atoms with Crippen molar-refractivity contribution >= 4 is 18.0 Å². The summed E-state index contributed by atoms with van der Waals surface area (Å²) in [5, 5.41) is 3.29. The van der Waals surface area contributed by atoms with Crippen LogP contribution in [0.4, 0.5) is 0 Å². The van der Waals surface area contributed by atoms with Crippen LogP contribution in [-0.2, 0) is 0 Å². The average Bonchev–Trinajstić information content (AvgIpc) is 2.21. The topological polar surface area (TPSA) is 24.9 Å². The Bertz CT molecular complexity index is 282. The number of nitrogens with one attached hydrogen (secondary N) is 1. The van der Waals surface area contributed by atoms with Crippen LogP contribution >= 0.6 is 12.4 Å². The van der Waals surface area contributed by atoms with Gasteiger partial charge in [-0.3, -0.25) is 4.98 Å². The summed E-state index contributed by atoms with van der Waals surface area (Å²) in [7, 11) is 0. The molecule has 3 heteroatoms. The van der Waals surface area contributed by atoms with Gasteiger partial charge in [0.2, 0.25) is 0 Å². The summed E-state index contributed by atoms with van der Waals surface area (Å²) in [5.74, 6) is 0. The van der Waals surface area contributed by atoms with Gasteiger partial charge in [-0.1, -0.05) is 12.1 Å². The molecule has 1 N–H and O–H groups in total. The SMILES string of the molecule is C1=C(c2cccnc2)CCNC1.Cl. The van der Waals surface area contributed by atoms with E-state index >= 15 is 0 Å². The van der Waals surface area contributed by atoms with Crippen LogP contribution < -0.4 is 5.32 Å². The van der Waals surface area contributed by atoms with Crippen LogP contribution in [0, 0.1) is 0 Å². The maximum atomic E-state index is 4.10. The fourth-order valence-electron chi connectivity index (χ4n) is 1.44. The van der Waals surface area contributed by atoms with Crippen LogP contribution in [0.3, 0.4) is 0 Å². The van der Waals surface area contributed by atoms with Gasteiger partial charge in [-0.05, 0) is 30.2 Å². The van der Waals surface area contributed by atoms with E-state index in [1.807, 2.05) is 18.5 Å². The Hall–Kier alpha value is -0.860.